The first-order valence-corrected chi connectivity index (χ1v) is 7.07. The van der Waals surface area contributed by atoms with Crippen LogP contribution in [0.4, 0.5) is 0 Å². The molecular weight excluding hydrogens is 222 g/mol. The van der Waals surface area contributed by atoms with E-state index in [-0.39, 0.29) is 6.10 Å². The molecule has 0 saturated heterocycles. The van der Waals surface area contributed by atoms with Crippen molar-refractivity contribution in [2.75, 3.05) is 0 Å². The van der Waals surface area contributed by atoms with E-state index in [2.05, 4.69) is 51.2 Å². The van der Waals surface area contributed by atoms with Crippen LogP contribution >= 0.6 is 0 Å². The molecule has 1 fully saturated rings. The average Bonchev–Trinajstić information content (AvgIpc) is 2.26. The minimum atomic E-state index is 0.232. The van der Waals surface area contributed by atoms with Crippen LogP contribution in [0.5, 0.6) is 5.75 Å². The summed E-state index contributed by atoms with van der Waals surface area (Å²) in [6.45, 7) is 8.67. The van der Waals surface area contributed by atoms with Gasteiger partial charge in [-0.1, -0.05) is 19.1 Å². The first-order valence-electron chi connectivity index (χ1n) is 7.07. The fraction of sp³-hybridized carbons (Fsp3) is 0.625. The predicted molar refractivity (Wildman–Crippen MR) is 75.9 cm³/mol. The molecule has 1 saturated carbocycles. The zero-order valence-corrected chi connectivity index (χ0v) is 11.9. The number of hydrogen-bond donors (Lipinski definition) is 1. The molecule has 1 aliphatic rings. The van der Waals surface area contributed by atoms with Gasteiger partial charge in [-0.3, -0.25) is 0 Å². The van der Waals surface area contributed by atoms with Gasteiger partial charge >= 0.3 is 0 Å². The largest absolute Gasteiger partial charge is 0.491 e. The maximum atomic E-state index is 5.74. The molecule has 0 amide bonds. The number of ether oxygens (including phenoxy) is 1. The lowest BCUT2D eigenvalue weighted by atomic mass is 9.81. The second kappa shape index (κ2) is 5.75. The van der Waals surface area contributed by atoms with Crippen molar-refractivity contribution in [2.24, 2.45) is 5.92 Å². The molecule has 1 unspecified atom stereocenters. The maximum Gasteiger partial charge on any atom is 0.120 e. The SMILES string of the molecule is CC1CC(NC(C)c2cccc(OC(C)C)c2)C1. The molecule has 0 bridgehead atoms. The van der Waals surface area contributed by atoms with Crippen LogP contribution in [0, 0.1) is 5.92 Å². The van der Waals surface area contributed by atoms with E-state index < -0.39 is 0 Å². The Balaban J connectivity index is 1.94. The maximum absolute atomic E-state index is 5.74. The third kappa shape index (κ3) is 3.49. The molecule has 1 aromatic rings. The molecule has 1 N–H and O–H groups in total. The Hall–Kier alpha value is -1.02. The Morgan fingerprint density at radius 1 is 1.22 bits per heavy atom. The molecule has 2 heteroatoms. The molecule has 18 heavy (non-hydrogen) atoms. The van der Waals surface area contributed by atoms with Gasteiger partial charge in [0.05, 0.1) is 6.10 Å². The highest BCUT2D eigenvalue weighted by molar-refractivity contribution is 5.30. The molecule has 1 atom stereocenters. The molecule has 1 aliphatic carbocycles. The van der Waals surface area contributed by atoms with E-state index in [0.717, 1.165) is 11.7 Å². The number of rotatable bonds is 5. The van der Waals surface area contributed by atoms with Crippen molar-refractivity contribution in [2.45, 2.75) is 58.7 Å². The van der Waals surface area contributed by atoms with Gasteiger partial charge < -0.3 is 10.1 Å². The van der Waals surface area contributed by atoms with Crippen molar-refractivity contribution in [3.63, 3.8) is 0 Å². The van der Waals surface area contributed by atoms with Gasteiger partial charge in [0.15, 0.2) is 0 Å². The Labute approximate surface area is 111 Å². The van der Waals surface area contributed by atoms with E-state index >= 15 is 0 Å². The summed E-state index contributed by atoms with van der Waals surface area (Å²) in [5.41, 5.74) is 1.31. The molecule has 2 nitrogen and oxygen atoms in total. The molecule has 2 rings (SSSR count). The predicted octanol–water partition coefficient (Wildman–Crippen LogP) is 3.92. The Morgan fingerprint density at radius 2 is 1.94 bits per heavy atom. The van der Waals surface area contributed by atoms with E-state index in [1.54, 1.807) is 0 Å². The lowest BCUT2D eigenvalue weighted by molar-refractivity contribution is 0.225. The molecule has 0 aliphatic heterocycles. The molecule has 0 radical (unpaired) electrons. The topological polar surface area (TPSA) is 21.3 Å². The van der Waals surface area contributed by atoms with Crippen LogP contribution in [0.25, 0.3) is 0 Å². The van der Waals surface area contributed by atoms with Gasteiger partial charge in [0.25, 0.3) is 0 Å². The van der Waals surface area contributed by atoms with Gasteiger partial charge in [-0.15, -0.1) is 0 Å². The highest BCUT2D eigenvalue weighted by Gasteiger charge is 2.26. The van der Waals surface area contributed by atoms with E-state index in [1.165, 1.54) is 18.4 Å². The summed E-state index contributed by atoms with van der Waals surface area (Å²) in [4.78, 5) is 0. The second-order valence-corrected chi connectivity index (χ2v) is 5.90. The minimum Gasteiger partial charge on any atom is -0.491 e. The minimum absolute atomic E-state index is 0.232. The summed E-state index contributed by atoms with van der Waals surface area (Å²) in [6, 6.07) is 9.53. The summed E-state index contributed by atoms with van der Waals surface area (Å²) in [5, 5.41) is 3.69. The first-order chi connectivity index (χ1) is 8.54. The van der Waals surface area contributed by atoms with Crippen molar-refractivity contribution in [1.82, 2.24) is 5.32 Å². The van der Waals surface area contributed by atoms with Crippen LogP contribution in [0.2, 0.25) is 0 Å². The van der Waals surface area contributed by atoms with Crippen LogP contribution in [-0.4, -0.2) is 12.1 Å². The quantitative estimate of drug-likeness (QED) is 0.851. The first kappa shape index (κ1) is 13.4. The van der Waals surface area contributed by atoms with Crippen LogP contribution in [0.1, 0.15) is 52.1 Å². The molecule has 0 heterocycles. The second-order valence-electron chi connectivity index (χ2n) is 5.90. The Kier molecular flexibility index (Phi) is 4.28. The van der Waals surface area contributed by atoms with Gasteiger partial charge in [0.2, 0.25) is 0 Å². The van der Waals surface area contributed by atoms with Gasteiger partial charge in [-0.25, -0.2) is 0 Å². The Morgan fingerprint density at radius 3 is 2.56 bits per heavy atom. The molecular formula is C16H25NO. The summed E-state index contributed by atoms with van der Waals surface area (Å²) < 4.78 is 5.74. The van der Waals surface area contributed by atoms with Crippen LogP contribution in [0.3, 0.4) is 0 Å². The van der Waals surface area contributed by atoms with E-state index in [0.29, 0.717) is 12.1 Å². The van der Waals surface area contributed by atoms with E-state index in [4.69, 9.17) is 4.74 Å². The fourth-order valence-electron chi connectivity index (χ4n) is 2.62. The molecule has 0 aromatic heterocycles. The number of nitrogens with one attached hydrogen (secondary N) is 1. The Bertz CT molecular complexity index is 382. The smallest absolute Gasteiger partial charge is 0.120 e. The standard InChI is InChI=1S/C16H25NO/c1-11(2)18-16-7-5-6-14(10-16)13(4)17-15-8-12(3)9-15/h5-7,10-13,15,17H,8-9H2,1-4H3. The third-order valence-corrected chi connectivity index (χ3v) is 3.59. The summed E-state index contributed by atoms with van der Waals surface area (Å²) >= 11 is 0. The molecule has 0 spiro atoms. The lowest BCUT2D eigenvalue weighted by Gasteiger charge is -2.35. The summed E-state index contributed by atoms with van der Waals surface area (Å²) in [6.07, 6.45) is 2.86. The molecule has 1 aromatic carbocycles. The van der Waals surface area contributed by atoms with Crippen molar-refractivity contribution in [3.05, 3.63) is 29.8 Å². The van der Waals surface area contributed by atoms with E-state index in [1.807, 2.05) is 6.07 Å². The van der Waals surface area contributed by atoms with Crippen LogP contribution in [-0.2, 0) is 0 Å². The normalized spacial score (nSPS) is 24.7. The van der Waals surface area contributed by atoms with Crippen molar-refractivity contribution in [3.8, 4) is 5.75 Å². The number of benzene rings is 1. The van der Waals surface area contributed by atoms with Gasteiger partial charge in [0.1, 0.15) is 5.75 Å². The van der Waals surface area contributed by atoms with Crippen LogP contribution in [0.15, 0.2) is 24.3 Å². The van der Waals surface area contributed by atoms with Crippen molar-refractivity contribution >= 4 is 0 Å². The summed E-state index contributed by atoms with van der Waals surface area (Å²) in [7, 11) is 0. The summed E-state index contributed by atoms with van der Waals surface area (Å²) in [5.74, 6) is 1.86. The molecule has 100 valence electrons. The zero-order valence-electron chi connectivity index (χ0n) is 11.9. The van der Waals surface area contributed by atoms with Crippen LogP contribution < -0.4 is 10.1 Å². The van der Waals surface area contributed by atoms with Gasteiger partial charge in [0, 0.05) is 12.1 Å². The highest BCUT2D eigenvalue weighted by atomic mass is 16.5. The highest BCUT2D eigenvalue weighted by Crippen LogP contribution is 2.29. The van der Waals surface area contributed by atoms with Gasteiger partial charge in [-0.05, 0) is 57.2 Å². The van der Waals surface area contributed by atoms with E-state index in [9.17, 15) is 0 Å². The number of hydrogen-bond acceptors (Lipinski definition) is 2. The van der Waals surface area contributed by atoms with Crippen molar-refractivity contribution < 1.29 is 4.74 Å². The lowest BCUT2D eigenvalue weighted by Crippen LogP contribution is -2.41. The monoisotopic (exact) mass is 247 g/mol. The van der Waals surface area contributed by atoms with Crippen molar-refractivity contribution in [1.29, 1.82) is 0 Å². The third-order valence-electron chi connectivity index (χ3n) is 3.59. The fourth-order valence-corrected chi connectivity index (χ4v) is 2.62. The van der Waals surface area contributed by atoms with Gasteiger partial charge in [-0.2, -0.15) is 0 Å². The zero-order chi connectivity index (χ0) is 13.1. The average molecular weight is 247 g/mol.